The van der Waals surface area contributed by atoms with Crippen molar-refractivity contribution in [2.75, 3.05) is 19.7 Å². The van der Waals surface area contributed by atoms with Gasteiger partial charge in [0.1, 0.15) is 5.71 Å². The van der Waals surface area contributed by atoms with Gasteiger partial charge < -0.3 is 19.5 Å². The Morgan fingerprint density at radius 2 is 2.03 bits per heavy atom. The van der Waals surface area contributed by atoms with Crippen LogP contribution in [-0.2, 0) is 20.9 Å². The van der Waals surface area contributed by atoms with Crippen LogP contribution in [0.4, 0.5) is 0 Å². The van der Waals surface area contributed by atoms with Crippen molar-refractivity contribution in [1.82, 2.24) is 9.88 Å². The summed E-state index contributed by atoms with van der Waals surface area (Å²) in [7, 11) is 0. The molecule has 0 radical (unpaired) electrons. The number of nitrogens with one attached hydrogen (secondary N) is 1. The Bertz CT molecular complexity index is 1020. The molecule has 0 aliphatic carbocycles. The van der Waals surface area contributed by atoms with Crippen LogP contribution in [0.15, 0.2) is 46.5 Å². The predicted molar refractivity (Wildman–Crippen MR) is 109 cm³/mol. The van der Waals surface area contributed by atoms with Gasteiger partial charge in [0.05, 0.1) is 29.2 Å². The number of aromatic nitrogens is 1. The average Bonchev–Trinajstić information content (AvgIpc) is 3.01. The van der Waals surface area contributed by atoms with Gasteiger partial charge in [-0.1, -0.05) is 34.4 Å². The highest BCUT2D eigenvalue weighted by Gasteiger charge is 2.28. The lowest BCUT2D eigenvalue weighted by Gasteiger charge is -2.26. The highest BCUT2D eigenvalue weighted by molar-refractivity contribution is 6.42. The minimum Gasteiger partial charge on any atom is -0.372 e. The maximum absolute atomic E-state index is 12.5. The van der Waals surface area contributed by atoms with E-state index in [4.69, 9.17) is 27.9 Å². The molecule has 2 aliphatic rings. The van der Waals surface area contributed by atoms with Crippen LogP contribution < -0.4 is 10.9 Å². The van der Waals surface area contributed by atoms with Crippen LogP contribution in [0.2, 0.25) is 10.0 Å². The third-order valence-electron chi connectivity index (χ3n) is 5.00. The molecule has 0 saturated carbocycles. The Morgan fingerprint density at radius 1 is 1.17 bits per heavy atom. The summed E-state index contributed by atoms with van der Waals surface area (Å²) in [5.41, 5.74) is 1.97. The largest absolute Gasteiger partial charge is 0.372 e. The summed E-state index contributed by atoms with van der Waals surface area (Å²) in [6.45, 7) is 2.36. The summed E-state index contributed by atoms with van der Waals surface area (Å²) in [6.07, 6.45) is 1.56. The van der Waals surface area contributed by atoms with E-state index in [9.17, 15) is 9.59 Å². The quantitative estimate of drug-likeness (QED) is 0.746. The molecule has 29 heavy (non-hydrogen) atoms. The van der Waals surface area contributed by atoms with Gasteiger partial charge in [-0.25, -0.2) is 4.79 Å². The Hall–Kier alpha value is -2.19. The van der Waals surface area contributed by atoms with E-state index in [-0.39, 0.29) is 24.0 Å². The van der Waals surface area contributed by atoms with Gasteiger partial charge in [-0.2, -0.15) is 0 Å². The van der Waals surface area contributed by atoms with Crippen molar-refractivity contribution in [2.24, 2.45) is 11.1 Å². The molecule has 3 heterocycles. The van der Waals surface area contributed by atoms with Crippen molar-refractivity contribution < 1.29 is 14.4 Å². The molecule has 1 N–H and O–H groups in total. The Kier molecular flexibility index (Phi) is 6.01. The molecule has 7 nitrogen and oxygen atoms in total. The number of halogens is 2. The maximum Gasteiger partial charge on any atom is 0.341 e. The second-order valence-electron chi connectivity index (χ2n) is 7.02. The lowest BCUT2D eigenvalue weighted by molar-refractivity contribution is -0.140. The van der Waals surface area contributed by atoms with Crippen LogP contribution in [-0.4, -0.2) is 35.9 Å². The molecule has 2 aromatic rings. The molecular weight excluding hydrogens is 417 g/mol. The Labute approximate surface area is 177 Å². The fraction of sp³-hybridized carbons (Fsp3) is 0.350. The van der Waals surface area contributed by atoms with E-state index in [2.05, 4.69) is 15.3 Å². The SMILES string of the molecule is O=C1CC(c2ccc(=O)n(C[C@@H]3CNCCO[C@H]3c3ccc(Cl)c(Cl)c3)c2)=NO1. The van der Waals surface area contributed by atoms with Gasteiger partial charge in [-0.3, -0.25) is 4.79 Å². The first-order chi connectivity index (χ1) is 14.0. The lowest BCUT2D eigenvalue weighted by atomic mass is 9.95. The Morgan fingerprint density at radius 3 is 2.79 bits per heavy atom. The second-order valence-corrected chi connectivity index (χ2v) is 7.83. The van der Waals surface area contributed by atoms with E-state index in [1.54, 1.807) is 22.9 Å². The number of rotatable bonds is 4. The standard InChI is InChI=1S/C20H19Cl2N3O4/c21-15-3-1-12(7-16(15)22)20-14(9-23-5-6-28-20)11-25-10-13(2-4-18(25)26)17-8-19(27)29-24-17/h1-4,7,10,14,20,23H,5-6,8-9,11H2/t14-,20-/m0/s1. The second kappa shape index (κ2) is 8.67. The third kappa shape index (κ3) is 4.53. The number of benzene rings is 1. The summed E-state index contributed by atoms with van der Waals surface area (Å²) in [5.74, 6) is -0.426. The van der Waals surface area contributed by atoms with Gasteiger partial charge >= 0.3 is 5.97 Å². The van der Waals surface area contributed by atoms with Crippen molar-refractivity contribution in [3.63, 3.8) is 0 Å². The van der Waals surface area contributed by atoms with E-state index >= 15 is 0 Å². The first-order valence-corrected chi connectivity index (χ1v) is 10.0. The number of carbonyl (C=O) groups excluding carboxylic acids is 1. The predicted octanol–water partition coefficient (Wildman–Crippen LogP) is 2.78. The minimum atomic E-state index is -0.404. The van der Waals surface area contributed by atoms with Gasteiger partial charge in [0, 0.05) is 43.4 Å². The van der Waals surface area contributed by atoms with Crippen molar-refractivity contribution >= 4 is 34.9 Å². The highest BCUT2D eigenvalue weighted by Crippen LogP contribution is 2.32. The summed E-state index contributed by atoms with van der Waals surface area (Å²) < 4.78 is 7.70. The molecule has 0 spiro atoms. The normalized spacial score (nSPS) is 22.1. The molecular formula is C20H19Cl2N3O4. The molecule has 9 heteroatoms. The van der Waals surface area contributed by atoms with Gasteiger partial charge in [-0.15, -0.1) is 0 Å². The number of carbonyl (C=O) groups is 1. The van der Waals surface area contributed by atoms with Crippen LogP contribution in [0, 0.1) is 5.92 Å². The van der Waals surface area contributed by atoms with E-state index in [1.165, 1.54) is 6.07 Å². The van der Waals surface area contributed by atoms with E-state index in [0.29, 0.717) is 41.0 Å². The maximum atomic E-state index is 12.5. The first kappa shape index (κ1) is 20.1. The number of oxime groups is 1. The molecule has 152 valence electrons. The summed E-state index contributed by atoms with van der Waals surface area (Å²) in [5, 5.41) is 8.09. The molecule has 1 aromatic carbocycles. The number of nitrogens with zero attached hydrogens (tertiary/aromatic N) is 2. The fourth-order valence-electron chi connectivity index (χ4n) is 3.57. The van der Waals surface area contributed by atoms with Crippen molar-refractivity contribution in [3.8, 4) is 0 Å². The molecule has 0 unspecified atom stereocenters. The van der Waals surface area contributed by atoms with Crippen molar-refractivity contribution in [2.45, 2.75) is 19.1 Å². The third-order valence-corrected chi connectivity index (χ3v) is 5.74. The number of hydrogen-bond acceptors (Lipinski definition) is 6. The van der Waals surface area contributed by atoms with Gasteiger partial charge in [0.15, 0.2) is 0 Å². The van der Waals surface area contributed by atoms with Crippen LogP contribution in [0.1, 0.15) is 23.7 Å². The molecule has 1 aromatic heterocycles. The zero-order valence-electron chi connectivity index (χ0n) is 15.4. The first-order valence-electron chi connectivity index (χ1n) is 9.26. The van der Waals surface area contributed by atoms with Gasteiger partial charge in [0.25, 0.3) is 5.56 Å². The summed E-state index contributed by atoms with van der Waals surface area (Å²) >= 11 is 12.3. The minimum absolute atomic E-state index is 0.0221. The van der Waals surface area contributed by atoms with Crippen LogP contribution in [0.25, 0.3) is 0 Å². The molecule has 1 fully saturated rings. The number of ether oxygens (including phenoxy) is 1. The van der Waals surface area contributed by atoms with Crippen molar-refractivity contribution in [1.29, 1.82) is 0 Å². The zero-order chi connectivity index (χ0) is 20.4. The monoisotopic (exact) mass is 435 g/mol. The zero-order valence-corrected chi connectivity index (χ0v) is 16.9. The van der Waals surface area contributed by atoms with Crippen LogP contribution in [0.3, 0.4) is 0 Å². The molecule has 0 bridgehead atoms. The van der Waals surface area contributed by atoms with Gasteiger partial charge in [0.2, 0.25) is 0 Å². The van der Waals surface area contributed by atoms with Crippen LogP contribution in [0.5, 0.6) is 0 Å². The fourth-order valence-corrected chi connectivity index (χ4v) is 3.87. The smallest absolute Gasteiger partial charge is 0.341 e. The van der Waals surface area contributed by atoms with E-state index in [0.717, 1.165) is 12.1 Å². The Balaban J connectivity index is 1.62. The molecule has 2 aliphatic heterocycles. The molecule has 2 atom stereocenters. The number of pyridine rings is 1. The van der Waals surface area contributed by atoms with E-state index in [1.807, 2.05) is 12.1 Å². The highest BCUT2D eigenvalue weighted by atomic mass is 35.5. The summed E-state index contributed by atoms with van der Waals surface area (Å²) in [6, 6.07) is 8.58. The molecule has 0 amide bonds. The molecule has 4 rings (SSSR count). The molecule has 1 saturated heterocycles. The lowest BCUT2D eigenvalue weighted by Crippen LogP contribution is -2.32. The van der Waals surface area contributed by atoms with Gasteiger partial charge in [-0.05, 0) is 23.8 Å². The van der Waals surface area contributed by atoms with E-state index < -0.39 is 5.97 Å². The van der Waals surface area contributed by atoms with Crippen LogP contribution >= 0.6 is 23.2 Å². The topological polar surface area (TPSA) is 81.9 Å². The summed E-state index contributed by atoms with van der Waals surface area (Å²) in [4.78, 5) is 28.5. The number of hydrogen-bond donors (Lipinski definition) is 1. The average molecular weight is 436 g/mol. The van der Waals surface area contributed by atoms with Crippen molar-refractivity contribution in [3.05, 3.63) is 68.1 Å².